The fourth-order valence-electron chi connectivity index (χ4n) is 1.69. The van der Waals surface area contributed by atoms with Gasteiger partial charge in [0.2, 0.25) is 0 Å². The molecule has 1 aliphatic heterocycles. The highest BCUT2D eigenvalue weighted by Gasteiger charge is 2.11. The van der Waals surface area contributed by atoms with Crippen LogP contribution in [0, 0.1) is 6.92 Å². The Morgan fingerprint density at radius 3 is 2.85 bits per heavy atom. The topological polar surface area (TPSA) is 28.2 Å². The van der Waals surface area contributed by atoms with E-state index in [2.05, 4.69) is 28.2 Å². The van der Waals surface area contributed by atoms with E-state index in [1.165, 1.54) is 11.3 Å². The Kier molecular flexibility index (Phi) is 2.45. The summed E-state index contributed by atoms with van der Waals surface area (Å²) in [5, 5.41) is 3.34. The van der Waals surface area contributed by atoms with Crippen LogP contribution in [-0.4, -0.2) is 31.2 Å². The van der Waals surface area contributed by atoms with E-state index in [1.807, 2.05) is 12.4 Å². The molecule has 1 saturated heterocycles. The molecule has 3 nitrogen and oxygen atoms in total. The smallest absolute Gasteiger partial charge is 0.0583 e. The molecule has 1 aromatic rings. The predicted molar refractivity (Wildman–Crippen MR) is 54.1 cm³/mol. The van der Waals surface area contributed by atoms with Crippen LogP contribution in [0.15, 0.2) is 18.5 Å². The van der Waals surface area contributed by atoms with Crippen LogP contribution in [-0.2, 0) is 0 Å². The van der Waals surface area contributed by atoms with Crippen LogP contribution < -0.4 is 10.2 Å². The lowest BCUT2D eigenvalue weighted by molar-refractivity contribution is 0.588. The molecule has 0 aliphatic carbocycles. The van der Waals surface area contributed by atoms with E-state index in [0.29, 0.717) is 0 Å². The van der Waals surface area contributed by atoms with Gasteiger partial charge in [-0.2, -0.15) is 0 Å². The van der Waals surface area contributed by atoms with Gasteiger partial charge in [-0.15, -0.1) is 0 Å². The van der Waals surface area contributed by atoms with Crippen LogP contribution in [0.2, 0.25) is 0 Å². The third kappa shape index (κ3) is 1.80. The Balaban J connectivity index is 2.18. The van der Waals surface area contributed by atoms with Crippen molar-refractivity contribution in [2.75, 3.05) is 31.1 Å². The first-order valence-corrected chi connectivity index (χ1v) is 4.74. The van der Waals surface area contributed by atoms with Crippen LogP contribution in [0.3, 0.4) is 0 Å². The average Bonchev–Trinajstić information content (AvgIpc) is 2.20. The standard InChI is InChI=1S/C10H15N3/c1-9-2-3-12-8-10(9)13-6-4-11-5-7-13/h2-3,8,11H,4-7H2,1H3. The number of nitrogens with zero attached hydrogens (tertiary/aromatic N) is 2. The summed E-state index contributed by atoms with van der Waals surface area (Å²) in [5.74, 6) is 0. The maximum atomic E-state index is 4.16. The van der Waals surface area contributed by atoms with Crippen molar-refractivity contribution in [3.63, 3.8) is 0 Å². The molecule has 1 aromatic heterocycles. The number of hydrogen-bond donors (Lipinski definition) is 1. The first kappa shape index (κ1) is 8.51. The summed E-state index contributed by atoms with van der Waals surface area (Å²) in [7, 11) is 0. The minimum atomic E-state index is 1.08. The highest BCUT2D eigenvalue weighted by Crippen LogP contribution is 2.17. The molecule has 1 fully saturated rings. The largest absolute Gasteiger partial charge is 0.368 e. The zero-order valence-electron chi connectivity index (χ0n) is 7.95. The molecule has 0 atom stereocenters. The molecule has 0 radical (unpaired) electrons. The molecule has 2 rings (SSSR count). The van der Waals surface area contributed by atoms with E-state index >= 15 is 0 Å². The summed E-state index contributed by atoms with van der Waals surface area (Å²) < 4.78 is 0. The van der Waals surface area contributed by atoms with Crippen molar-refractivity contribution in [2.45, 2.75) is 6.92 Å². The molecule has 0 spiro atoms. The van der Waals surface area contributed by atoms with Crippen LogP contribution in [0.1, 0.15) is 5.56 Å². The molecule has 70 valence electrons. The maximum absolute atomic E-state index is 4.16. The SMILES string of the molecule is Cc1ccncc1N1CCNCC1. The molecule has 3 heteroatoms. The van der Waals surface area contributed by atoms with Crippen molar-refractivity contribution >= 4 is 5.69 Å². The fraction of sp³-hybridized carbons (Fsp3) is 0.500. The third-order valence-corrected chi connectivity index (χ3v) is 2.47. The Bertz CT molecular complexity index is 279. The Morgan fingerprint density at radius 1 is 1.38 bits per heavy atom. The molecule has 0 bridgehead atoms. The van der Waals surface area contributed by atoms with Gasteiger partial charge in [0.05, 0.1) is 11.9 Å². The number of piperazine rings is 1. The van der Waals surface area contributed by atoms with Crippen molar-refractivity contribution < 1.29 is 0 Å². The van der Waals surface area contributed by atoms with E-state index in [1.54, 1.807) is 0 Å². The number of aryl methyl sites for hydroxylation is 1. The molecule has 2 heterocycles. The van der Waals surface area contributed by atoms with Crippen LogP contribution >= 0.6 is 0 Å². The minimum absolute atomic E-state index is 1.08. The lowest BCUT2D eigenvalue weighted by atomic mass is 10.2. The van der Waals surface area contributed by atoms with E-state index in [0.717, 1.165) is 26.2 Å². The van der Waals surface area contributed by atoms with Gasteiger partial charge in [0.15, 0.2) is 0 Å². The fourth-order valence-corrected chi connectivity index (χ4v) is 1.69. The summed E-state index contributed by atoms with van der Waals surface area (Å²) in [6, 6.07) is 2.07. The highest BCUT2D eigenvalue weighted by molar-refractivity contribution is 5.51. The molecule has 0 aromatic carbocycles. The van der Waals surface area contributed by atoms with Gasteiger partial charge in [0.1, 0.15) is 0 Å². The summed E-state index contributed by atoms with van der Waals surface area (Å²) >= 11 is 0. The summed E-state index contributed by atoms with van der Waals surface area (Å²) in [6.07, 6.45) is 3.81. The lowest BCUT2D eigenvalue weighted by Crippen LogP contribution is -2.43. The van der Waals surface area contributed by atoms with Gasteiger partial charge >= 0.3 is 0 Å². The van der Waals surface area contributed by atoms with Crippen LogP contribution in [0.25, 0.3) is 0 Å². The molecule has 13 heavy (non-hydrogen) atoms. The van der Waals surface area contributed by atoms with Crippen LogP contribution in [0.4, 0.5) is 5.69 Å². The van der Waals surface area contributed by atoms with E-state index in [4.69, 9.17) is 0 Å². The van der Waals surface area contributed by atoms with Crippen LogP contribution in [0.5, 0.6) is 0 Å². The summed E-state index contributed by atoms with van der Waals surface area (Å²) in [4.78, 5) is 6.55. The Morgan fingerprint density at radius 2 is 2.15 bits per heavy atom. The van der Waals surface area contributed by atoms with Gasteiger partial charge in [-0.25, -0.2) is 0 Å². The first-order chi connectivity index (χ1) is 6.38. The second kappa shape index (κ2) is 3.75. The maximum Gasteiger partial charge on any atom is 0.0583 e. The molecule has 0 amide bonds. The zero-order chi connectivity index (χ0) is 9.10. The van der Waals surface area contributed by atoms with Crippen molar-refractivity contribution in [1.29, 1.82) is 0 Å². The number of aromatic nitrogens is 1. The van der Waals surface area contributed by atoms with Gasteiger partial charge in [-0.05, 0) is 18.6 Å². The highest BCUT2D eigenvalue weighted by atomic mass is 15.2. The molecule has 0 unspecified atom stereocenters. The first-order valence-electron chi connectivity index (χ1n) is 4.74. The van der Waals surface area contributed by atoms with E-state index < -0.39 is 0 Å². The van der Waals surface area contributed by atoms with Crippen molar-refractivity contribution in [3.8, 4) is 0 Å². The van der Waals surface area contributed by atoms with Gasteiger partial charge < -0.3 is 10.2 Å². The van der Waals surface area contributed by atoms with Gasteiger partial charge in [0.25, 0.3) is 0 Å². The molecular formula is C10H15N3. The van der Waals surface area contributed by atoms with Crippen molar-refractivity contribution in [2.24, 2.45) is 0 Å². The van der Waals surface area contributed by atoms with Gasteiger partial charge in [0, 0.05) is 32.4 Å². The molecule has 1 aliphatic rings. The predicted octanol–water partition coefficient (Wildman–Crippen LogP) is 0.800. The van der Waals surface area contributed by atoms with Gasteiger partial charge in [-0.3, -0.25) is 4.98 Å². The monoisotopic (exact) mass is 177 g/mol. The average molecular weight is 177 g/mol. The zero-order valence-corrected chi connectivity index (χ0v) is 7.95. The number of hydrogen-bond acceptors (Lipinski definition) is 3. The summed E-state index contributed by atoms with van der Waals surface area (Å²) in [5.41, 5.74) is 2.60. The lowest BCUT2D eigenvalue weighted by Gasteiger charge is -2.30. The Labute approximate surface area is 78.8 Å². The number of rotatable bonds is 1. The number of pyridine rings is 1. The molecular weight excluding hydrogens is 162 g/mol. The molecule has 1 N–H and O–H groups in total. The van der Waals surface area contributed by atoms with Gasteiger partial charge in [-0.1, -0.05) is 0 Å². The molecule has 0 saturated carbocycles. The Hall–Kier alpha value is -1.09. The minimum Gasteiger partial charge on any atom is -0.368 e. The second-order valence-electron chi connectivity index (χ2n) is 3.40. The third-order valence-electron chi connectivity index (χ3n) is 2.47. The normalized spacial score (nSPS) is 17.5. The number of nitrogens with one attached hydrogen (secondary N) is 1. The second-order valence-corrected chi connectivity index (χ2v) is 3.40. The quantitative estimate of drug-likeness (QED) is 0.687. The number of anilines is 1. The van der Waals surface area contributed by atoms with E-state index in [-0.39, 0.29) is 0 Å². The van der Waals surface area contributed by atoms with E-state index in [9.17, 15) is 0 Å². The van der Waals surface area contributed by atoms with Crippen molar-refractivity contribution in [3.05, 3.63) is 24.0 Å². The van der Waals surface area contributed by atoms with Crippen molar-refractivity contribution in [1.82, 2.24) is 10.3 Å². The summed E-state index contributed by atoms with van der Waals surface area (Å²) in [6.45, 7) is 6.47.